The van der Waals surface area contributed by atoms with Crippen LogP contribution in [0.25, 0.3) is 0 Å². The topological polar surface area (TPSA) is 49.3 Å². The number of rotatable bonds is 2. The van der Waals surface area contributed by atoms with Gasteiger partial charge in [0, 0.05) is 12.1 Å². The highest BCUT2D eigenvalue weighted by Gasteiger charge is 2.52. The second kappa shape index (κ2) is 4.86. The minimum Gasteiger partial charge on any atom is -0.382 e. The standard InChI is InChI=1S/C14H16F3NO2/c1-13(20)4-3-5-14(18-2,12(13)19)11-9(16)6-8(15)7-10(11)17/h6-7,18,20H,3-5H2,1-2H3. The molecule has 6 heteroatoms. The van der Waals surface area contributed by atoms with E-state index in [4.69, 9.17) is 0 Å². The van der Waals surface area contributed by atoms with Crippen molar-refractivity contribution in [3.05, 3.63) is 35.1 Å². The highest BCUT2D eigenvalue weighted by atomic mass is 19.1. The first-order valence-corrected chi connectivity index (χ1v) is 6.36. The van der Waals surface area contributed by atoms with E-state index in [2.05, 4.69) is 5.32 Å². The van der Waals surface area contributed by atoms with E-state index in [0.29, 0.717) is 18.6 Å². The number of halogens is 3. The van der Waals surface area contributed by atoms with Crippen LogP contribution in [0.5, 0.6) is 0 Å². The molecule has 0 radical (unpaired) electrons. The quantitative estimate of drug-likeness (QED) is 0.875. The van der Waals surface area contributed by atoms with Gasteiger partial charge in [-0.05, 0) is 33.2 Å². The molecule has 1 aromatic rings. The Bertz CT molecular complexity index is 536. The zero-order valence-electron chi connectivity index (χ0n) is 11.3. The number of nitrogens with one attached hydrogen (secondary N) is 1. The third kappa shape index (κ3) is 2.13. The van der Waals surface area contributed by atoms with E-state index >= 15 is 0 Å². The van der Waals surface area contributed by atoms with Gasteiger partial charge in [0.05, 0.1) is 5.56 Å². The number of carbonyl (C=O) groups excluding carboxylic acids is 1. The predicted molar refractivity (Wildman–Crippen MR) is 66.5 cm³/mol. The van der Waals surface area contributed by atoms with Crippen LogP contribution in [0.1, 0.15) is 31.7 Å². The Hall–Kier alpha value is -1.40. The van der Waals surface area contributed by atoms with Crippen molar-refractivity contribution in [3.8, 4) is 0 Å². The lowest BCUT2D eigenvalue weighted by Gasteiger charge is -2.42. The zero-order valence-corrected chi connectivity index (χ0v) is 11.3. The van der Waals surface area contributed by atoms with Gasteiger partial charge in [0.1, 0.15) is 28.6 Å². The molecular weight excluding hydrogens is 271 g/mol. The van der Waals surface area contributed by atoms with E-state index in [1.807, 2.05) is 0 Å². The normalized spacial score (nSPS) is 30.6. The number of hydrogen-bond acceptors (Lipinski definition) is 3. The molecule has 2 unspecified atom stereocenters. The van der Waals surface area contributed by atoms with Crippen LogP contribution in [0, 0.1) is 17.5 Å². The van der Waals surface area contributed by atoms with Crippen molar-refractivity contribution >= 4 is 5.78 Å². The zero-order chi connectivity index (χ0) is 15.1. The molecule has 0 bridgehead atoms. The summed E-state index contributed by atoms with van der Waals surface area (Å²) in [5.74, 6) is -4.03. The highest BCUT2D eigenvalue weighted by molar-refractivity contribution is 5.97. The largest absolute Gasteiger partial charge is 0.382 e. The molecule has 0 heterocycles. The summed E-state index contributed by atoms with van der Waals surface area (Å²) in [7, 11) is 1.39. The van der Waals surface area contributed by atoms with Gasteiger partial charge in [-0.25, -0.2) is 13.2 Å². The van der Waals surface area contributed by atoms with E-state index < -0.39 is 39.9 Å². The third-order valence-corrected chi connectivity index (χ3v) is 3.95. The Morgan fingerprint density at radius 3 is 2.25 bits per heavy atom. The van der Waals surface area contributed by atoms with Gasteiger partial charge in [0.15, 0.2) is 5.78 Å². The molecule has 1 aliphatic rings. The van der Waals surface area contributed by atoms with Crippen molar-refractivity contribution in [3.63, 3.8) is 0 Å². The Morgan fingerprint density at radius 1 is 1.20 bits per heavy atom. The maximum atomic E-state index is 14.0. The average Bonchev–Trinajstić information content (AvgIpc) is 2.33. The molecule has 0 spiro atoms. The Labute approximate surface area is 114 Å². The molecule has 3 nitrogen and oxygen atoms in total. The summed E-state index contributed by atoms with van der Waals surface area (Å²) in [5.41, 5.74) is -3.88. The first-order valence-electron chi connectivity index (χ1n) is 6.36. The number of carbonyl (C=O) groups is 1. The van der Waals surface area contributed by atoms with Gasteiger partial charge in [0.2, 0.25) is 0 Å². The molecule has 0 aromatic heterocycles. The number of benzene rings is 1. The Morgan fingerprint density at radius 2 is 1.75 bits per heavy atom. The van der Waals surface area contributed by atoms with E-state index in [0.717, 1.165) is 0 Å². The second-order valence-corrected chi connectivity index (χ2v) is 5.36. The highest BCUT2D eigenvalue weighted by Crippen LogP contribution is 2.41. The second-order valence-electron chi connectivity index (χ2n) is 5.36. The van der Waals surface area contributed by atoms with Gasteiger partial charge in [-0.2, -0.15) is 0 Å². The molecule has 2 atom stereocenters. The van der Waals surface area contributed by atoms with Gasteiger partial charge in [-0.1, -0.05) is 0 Å². The fourth-order valence-corrected chi connectivity index (χ4v) is 2.94. The SMILES string of the molecule is CNC1(c2c(F)cc(F)cc2F)CCCC(C)(O)C1=O. The van der Waals surface area contributed by atoms with Crippen molar-refractivity contribution in [2.75, 3.05) is 7.05 Å². The first-order chi connectivity index (χ1) is 9.24. The molecule has 2 N–H and O–H groups in total. The van der Waals surface area contributed by atoms with Crippen molar-refractivity contribution in [2.24, 2.45) is 0 Å². The Balaban J connectivity index is 2.66. The summed E-state index contributed by atoms with van der Waals surface area (Å²) >= 11 is 0. The number of aliphatic hydroxyl groups is 1. The lowest BCUT2D eigenvalue weighted by atomic mass is 9.69. The fourth-order valence-electron chi connectivity index (χ4n) is 2.94. The molecule has 1 aliphatic carbocycles. The lowest BCUT2D eigenvalue weighted by molar-refractivity contribution is -0.148. The maximum Gasteiger partial charge on any atom is 0.188 e. The van der Waals surface area contributed by atoms with Crippen LogP contribution in [0.15, 0.2) is 12.1 Å². The van der Waals surface area contributed by atoms with Crippen LogP contribution in [0.2, 0.25) is 0 Å². The third-order valence-electron chi connectivity index (χ3n) is 3.95. The molecule has 0 saturated heterocycles. The summed E-state index contributed by atoms with van der Waals surface area (Å²) in [6, 6.07) is 1.07. The lowest BCUT2D eigenvalue weighted by Crippen LogP contribution is -2.59. The minimum absolute atomic E-state index is 0.137. The average molecular weight is 287 g/mol. The number of hydrogen-bond donors (Lipinski definition) is 2. The molecule has 20 heavy (non-hydrogen) atoms. The molecule has 110 valence electrons. The summed E-state index contributed by atoms with van der Waals surface area (Å²) in [5, 5.41) is 12.7. The van der Waals surface area contributed by atoms with Crippen LogP contribution in [-0.2, 0) is 10.3 Å². The van der Waals surface area contributed by atoms with Gasteiger partial charge in [-0.15, -0.1) is 0 Å². The van der Waals surface area contributed by atoms with E-state index in [9.17, 15) is 23.1 Å². The number of ketones is 1. The van der Waals surface area contributed by atoms with Crippen molar-refractivity contribution in [1.29, 1.82) is 0 Å². The van der Waals surface area contributed by atoms with Crippen molar-refractivity contribution in [2.45, 2.75) is 37.3 Å². The number of Topliss-reactive ketones (excluding diaryl/α,β-unsaturated/α-hetero) is 1. The van der Waals surface area contributed by atoms with Crippen LogP contribution in [0.4, 0.5) is 13.2 Å². The summed E-state index contributed by atoms with van der Waals surface area (Å²) in [6.07, 6.45) is 0.771. The first kappa shape index (κ1) is 15.0. The number of likely N-dealkylation sites (N-methyl/N-ethyl adjacent to an activating group) is 1. The van der Waals surface area contributed by atoms with Crippen LogP contribution in [0.3, 0.4) is 0 Å². The summed E-state index contributed by atoms with van der Waals surface area (Å²) in [6.45, 7) is 1.32. The van der Waals surface area contributed by atoms with E-state index in [1.54, 1.807) is 0 Å². The van der Waals surface area contributed by atoms with E-state index in [-0.39, 0.29) is 12.8 Å². The molecule has 1 fully saturated rings. The van der Waals surface area contributed by atoms with Gasteiger partial charge in [-0.3, -0.25) is 4.79 Å². The van der Waals surface area contributed by atoms with Crippen LogP contribution >= 0.6 is 0 Å². The fraction of sp³-hybridized carbons (Fsp3) is 0.500. The molecule has 0 amide bonds. The van der Waals surface area contributed by atoms with Crippen LogP contribution in [-0.4, -0.2) is 23.5 Å². The smallest absolute Gasteiger partial charge is 0.188 e. The van der Waals surface area contributed by atoms with Gasteiger partial charge in [0.25, 0.3) is 0 Å². The molecule has 1 aromatic carbocycles. The van der Waals surface area contributed by atoms with Gasteiger partial charge >= 0.3 is 0 Å². The Kier molecular flexibility index (Phi) is 3.64. The molecule has 2 rings (SSSR count). The summed E-state index contributed by atoms with van der Waals surface area (Å²) in [4.78, 5) is 12.5. The molecular formula is C14H16F3NO2. The van der Waals surface area contributed by atoms with Crippen molar-refractivity contribution < 1.29 is 23.1 Å². The van der Waals surface area contributed by atoms with Crippen LogP contribution < -0.4 is 5.32 Å². The summed E-state index contributed by atoms with van der Waals surface area (Å²) < 4.78 is 41.0. The van der Waals surface area contributed by atoms with Crippen molar-refractivity contribution in [1.82, 2.24) is 5.32 Å². The molecule has 1 saturated carbocycles. The van der Waals surface area contributed by atoms with E-state index in [1.165, 1.54) is 14.0 Å². The monoisotopic (exact) mass is 287 g/mol. The van der Waals surface area contributed by atoms with Gasteiger partial charge < -0.3 is 10.4 Å². The molecule has 0 aliphatic heterocycles. The minimum atomic E-state index is -1.68. The predicted octanol–water partition coefficient (Wildman–Crippen LogP) is 2.02. The maximum absolute atomic E-state index is 14.0.